The number of rotatable bonds is 1. The molecule has 0 saturated heterocycles. The van der Waals surface area contributed by atoms with Gasteiger partial charge < -0.3 is 0 Å². The summed E-state index contributed by atoms with van der Waals surface area (Å²) in [6, 6.07) is 15.5. The molecule has 2 aromatic rings. The Morgan fingerprint density at radius 2 is 1.69 bits per heavy atom. The Bertz CT molecular complexity index is 499. The average molecular weight is 212 g/mol. The molecule has 3 rings (SSSR count). The summed E-state index contributed by atoms with van der Waals surface area (Å²) in [5.41, 5.74) is 4.08. The topological polar surface area (TPSA) is 0 Å². The van der Waals surface area contributed by atoms with Crippen molar-refractivity contribution in [3.63, 3.8) is 0 Å². The molecule has 1 aliphatic carbocycles. The molecule has 0 fully saturated rings. The smallest absolute Gasteiger partial charge is 0.123 e. The van der Waals surface area contributed by atoms with Crippen LogP contribution in [-0.2, 0) is 6.42 Å². The molecule has 0 radical (unpaired) electrons. The summed E-state index contributed by atoms with van der Waals surface area (Å²) >= 11 is 0. The Morgan fingerprint density at radius 1 is 0.938 bits per heavy atom. The molecule has 0 bridgehead atoms. The van der Waals surface area contributed by atoms with Crippen molar-refractivity contribution in [3.05, 3.63) is 71.0 Å². The third-order valence-electron chi connectivity index (χ3n) is 3.41. The van der Waals surface area contributed by atoms with Gasteiger partial charge in [-0.15, -0.1) is 0 Å². The first-order valence-corrected chi connectivity index (χ1v) is 5.68. The van der Waals surface area contributed by atoms with Gasteiger partial charge in [-0.25, -0.2) is 4.39 Å². The number of benzene rings is 2. The van der Waals surface area contributed by atoms with Gasteiger partial charge in [-0.2, -0.15) is 0 Å². The van der Waals surface area contributed by atoms with Crippen molar-refractivity contribution in [2.45, 2.75) is 18.8 Å². The van der Waals surface area contributed by atoms with Crippen LogP contribution in [0, 0.1) is 5.82 Å². The Balaban J connectivity index is 2.01. The van der Waals surface area contributed by atoms with E-state index in [4.69, 9.17) is 0 Å². The van der Waals surface area contributed by atoms with Crippen molar-refractivity contribution in [2.75, 3.05) is 0 Å². The van der Waals surface area contributed by atoms with Gasteiger partial charge in [0.15, 0.2) is 0 Å². The summed E-state index contributed by atoms with van der Waals surface area (Å²) in [6.07, 6.45) is 2.28. The van der Waals surface area contributed by atoms with Crippen LogP contribution < -0.4 is 0 Å². The zero-order valence-corrected chi connectivity index (χ0v) is 8.99. The molecule has 0 aromatic heterocycles. The maximum atomic E-state index is 12.9. The fraction of sp³-hybridized carbons (Fsp3) is 0.200. The molecule has 0 N–H and O–H groups in total. The molecule has 1 heteroatoms. The normalized spacial score (nSPS) is 18.4. The Kier molecular flexibility index (Phi) is 2.24. The number of halogens is 1. The monoisotopic (exact) mass is 212 g/mol. The quantitative estimate of drug-likeness (QED) is 0.672. The average Bonchev–Trinajstić information content (AvgIpc) is 2.74. The molecular formula is C15H13F. The second-order valence-corrected chi connectivity index (χ2v) is 4.34. The van der Waals surface area contributed by atoms with Gasteiger partial charge >= 0.3 is 0 Å². The first kappa shape index (κ1) is 9.59. The largest absolute Gasteiger partial charge is 0.207 e. The Labute approximate surface area is 94.7 Å². The molecule has 0 heterocycles. The molecule has 0 amide bonds. The fourth-order valence-corrected chi connectivity index (χ4v) is 2.60. The van der Waals surface area contributed by atoms with E-state index in [0.717, 1.165) is 12.8 Å². The molecule has 1 aliphatic rings. The van der Waals surface area contributed by atoms with Gasteiger partial charge in [0.2, 0.25) is 0 Å². The summed E-state index contributed by atoms with van der Waals surface area (Å²) in [5.74, 6) is 0.298. The van der Waals surface area contributed by atoms with Gasteiger partial charge in [-0.3, -0.25) is 0 Å². The van der Waals surface area contributed by atoms with Gasteiger partial charge in [-0.05, 0) is 41.7 Å². The highest BCUT2D eigenvalue weighted by Crippen LogP contribution is 2.37. The van der Waals surface area contributed by atoms with Crippen molar-refractivity contribution in [1.82, 2.24) is 0 Å². The van der Waals surface area contributed by atoms with Crippen LogP contribution >= 0.6 is 0 Å². The molecule has 0 nitrogen and oxygen atoms in total. The van der Waals surface area contributed by atoms with Crippen LogP contribution in [0.15, 0.2) is 48.5 Å². The van der Waals surface area contributed by atoms with E-state index in [2.05, 4.69) is 24.3 Å². The SMILES string of the molecule is Fc1ccc(C2CCc3ccccc32)cc1. The van der Waals surface area contributed by atoms with Crippen LogP contribution in [0.3, 0.4) is 0 Å². The van der Waals surface area contributed by atoms with Gasteiger partial charge in [-0.1, -0.05) is 36.4 Å². The van der Waals surface area contributed by atoms with E-state index in [-0.39, 0.29) is 5.82 Å². The summed E-state index contributed by atoms with van der Waals surface area (Å²) in [7, 11) is 0. The molecule has 0 saturated carbocycles. The van der Waals surface area contributed by atoms with Crippen molar-refractivity contribution in [3.8, 4) is 0 Å². The summed E-state index contributed by atoms with van der Waals surface area (Å²) in [6.45, 7) is 0. The van der Waals surface area contributed by atoms with Gasteiger partial charge in [0.05, 0.1) is 0 Å². The first-order valence-electron chi connectivity index (χ1n) is 5.68. The maximum Gasteiger partial charge on any atom is 0.123 e. The number of aryl methyl sites for hydroxylation is 1. The second kappa shape index (κ2) is 3.75. The van der Waals surface area contributed by atoms with E-state index < -0.39 is 0 Å². The van der Waals surface area contributed by atoms with E-state index >= 15 is 0 Å². The molecular weight excluding hydrogens is 199 g/mol. The molecule has 0 spiro atoms. The highest BCUT2D eigenvalue weighted by molar-refractivity contribution is 5.41. The highest BCUT2D eigenvalue weighted by atomic mass is 19.1. The fourth-order valence-electron chi connectivity index (χ4n) is 2.60. The third-order valence-corrected chi connectivity index (χ3v) is 3.41. The number of fused-ring (bicyclic) bond motifs is 1. The van der Waals surface area contributed by atoms with E-state index in [1.54, 1.807) is 12.1 Å². The number of hydrogen-bond acceptors (Lipinski definition) is 0. The molecule has 1 atom stereocenters. The van der Waals surface area contributed by atoms with E-state index in [0.29, 0.717) is 5.92 Å². The van der Waals surface area contributed by atoms with Crippen molar-refractivity contribution in [2.24, 2.45) is 0 Å². The zero-order chi connectivity index (χ0) is 11.0. The van der Waals surface area contributed by atoms with E-state index in [1.807, 2.05) is 12.1 Å². The van der Waals surface area contributed by atoms with E-state index in [9.17, 15) is 4.39 Å². The van der Waals surface area contributed by atoms with Crippen molar-refractivity contribution >= 4 is 0 Å². The van der Waals surface area contributed by atoms with Crippen LogP contribution in [0.25, 0.3) is 0 Å². The maximum absolute atomic E-state index is 12.9. The van der Waals surface area contributed by atoms with Crippen LogP contribution in [0.2, 0.25) is 0 Å². The zero-order valence-electron chi connectivity index (χ0n) is 8.99. The second-order valence-electron chi connectivity index (χ2n) is 4.34. The summed E-state index contributed by atoms with van der Waals surface area (Å²) in [5, 5.41) is 0. The summed E-state index contributed by atoms with van der Waals surface area (Å²) in [4.78, 5) is 0. The van der Waals surface area contributed by atoms with E-state index in [1.165, 1.54) is 16.7 Å². The Hall–Kier alpha value is -1.63. The standard InChI is InChI=1S/C15H13F/c16-13-8-5-12(6-9-13)15-10-7-11-3-1-2-4-14(11)15/h1-6,8-9,15H,7,10H2. The lowest BCUT2D eigenvalue weighted by atomic mass is 9.93. The van der Waals surface area contributed by atoms with Crippen LogP contribution in [0.4, 0.5) is 4.39 Å². The van der Waals surface area contributed by atoms with Crippen LogP contribution in [0.5, 0.6) is 0 Å². The third kappa shape index (κ3) is 1.53. The van der Waals surface area contributed by atoms with Crippen LogP contribution in [-0.4, -0.2) is 0 Å². The predicted octanol–water partition coefficient (Wildman–Crippen LogP) is 3.90. The lowest BCUT2D eigenvalue weighted by molar-refractivity contribution is 0.626. The van der Waals surface area contributed by atoms with Gasteiger partial charge in [0.1, 0.15) is 5.82 Å². The predicted molar refractivity (Wildman–Crippen MR) is 63.0 cm³/mol. The Morgan fingerprint density at radius 3 is 2.50 bits per heavy atom. The van der Waals surface area contributed by atoms with Gasteiger partial charge in [0.25, 0.3) is 0 Å². The lowest BCUT2D eigenvalue weighted by Gasteiger charge is -2.11. The molecule has 1 unspecified atom stereocenters. The summed E-state index contributed by atoms with van der Waals surface area (Å²) < 4.78 is 12.9. The highest BCUT2D eigenvalue weighted by Gasteiger charge is 2.22. The minimum Gasteiger partial charge on any atom is -0.207 e. The minimum atomic E-state index is -0.157. The molecule has 16 heavy (non-hydrogen) atoms. The first-order chi connectivity index (χ1) is 7.84. The number of hydrogen-bond donors (Lipinski definition) is 0. The van der Waals surface area contributed by atoms with Crippen LogP contribution in [0.1, 0.15) is 29.0 Å². The van der Waals surface area contributed by atoms with Crippen molar-refractivity contribution < 1.29 is 4.39 Å². The minimum absolute atomic E-state index is 0.157. The molecule has 0 aliphatic heterocycles. The van der Waals surface area contributed by atoms with Crippen molar-refractivity contribution in [1.29, 1.82) is 0 Å². The molecule has 2 aromatic carbocycles. The molecule has 80 valence electrons. The lowest BCUT2D eigenvalue weighted by Crippen LogP contribution is -1.95. The van der Waals surface area contributed by atoms with Gasteiger partial charge in [0, 0.05) is 5.92 Å².